The molecule has 1 heterocycles. The van der Waals surface area contributed by atoms with Crippen molar-refractivity contribution in [3.63, 3.8) is 0 Å². The monoisotopic (exact) mass is 152 g/mol. The van der Waals surface area contributed by atoms with Gasteiger partial charge >= 0.3 is 0 Å². The number of nitrogens with zero attached hydrogens (tertiary/aromatic N) is 1. The van der Waals surface area contributed by atoms with Crippen LogP contribution >= 0.6 is 0 Å². The largest absolute Gasteiger partial charge is 0.320 e. The van der Waals surface area contributed by atoms with E-state index in [2.05, 4.69) is 30.7 Å². The van der Waals surface area contributed by atoms with Crippen LogP contribution in [0.25, 0.3) is 0 Å². The van der Waals surface area contributed by atoms with E-state index in [-0.39, 0.29) is 5.54 Å². The Morgan fingerprint density at radius 3 is 2.82 bits per heavy atom. The average Bonchev–Trinajstić information content (AvgIpc) is 2.30. The summed E-state index contributed by atoms with van der Waals surface area (Å²) in [6, 6.07) is 0. The molecule has 0 amide bonds. The standard InChI is InChI=1S/C9H16N2/c1-9(5-3-7-10)6-4-8-11(9)2/h4,6-8,10H2,1-2H3. The van der Waals surface area contributed by atoms with Crippen molar-refractivity contribution in [2.45, 2.75) is 25.3 Å². The molecule has 0 aliphatic carbocycles. The lowest BCUT2D eigenvalue weighted by molar-refractivity contribution is 0.262. The van der Waals surface area contributed by atoms with E-state index >= 15 is 0 Å². The molecular weight excluding hydrogens is 136 g/mol. The third-order valence-electron chi connectivity index (χ3n) is 2.46. The van der Waals surface area contributed by atoms with Crippen LogP contribution in [0.3, 0.4) is 0 Å². The smallest absolute Gasteiger partial charge is 0.0795 e. The van der Waals surface area contributed by atoms with Crippen molar-refractivity contribution in [3.8, 4) is 11.8 Å². The predicted octanol–water partition coefficient (Wildman–Crippen LogP) is 0.433. The van der Waals surface area contributed by atoms with Crippen LogP contribution in [0.2, 0.25) is 0 Å². The zero-order valence-corrected chi connectivity index (χ0v) is 7.35. The molecule has 0 aromatic rings. The van der Waals surface area contributed by atoms with E-state index in [4.69, 9.17) is 5.73 Å². The van der Waals surface area contributed by atoms with Gasteiger partial charge in [0.05, 0.1) is 12.1 Å². The molecule has 0 radical (unpaired) electrons. The van der Waals surface area contributed by atoms with Crippen molar-refractivity contribution in [2.75, 3.05) is 20.1 Å². The van der Waals surface area contributed by atoms with Gasteiger partial charge in [-0.15, -0.1) is 0 Å². The molecule has 2 N–H and O–H groups in total. The second-order valence-corrected chi connectivity index (χ2v) is 3.30. The minimum Gasteiger partial charge on any atom is -0.320 e. The Hall–Kier alpha value is -0.520. The normalized spacial score (nSPS) is 31.5. The molecule has 1 saturated heterocycles. The summed E-state index contributed by atoms with van der Waals surface area (Å²) < 4.78 is 0. The summed E-state index contributed by atoms with van der Waals surface area (Å²) >= 11 is 0. The van der Waals surface area contributed by atoms with Gasteiger partial charge in [-0.1, -0.05) is 11.8 Å². The van der Waals surface area contributed by atoms with E-state index < -0.39 is 0 Å². The molecule has 0 saturated carbocycles. The van der Waals surface area contributed by atoms with Gasteiger partial charge in [0.1, 0.15) is 0 Å². The number of hydrogen-bond donors (Lipinski definition) is 1. The van der Waals surface area contributed by atoms with Crippen LogP contribution in [0, 0.1) is 11.8 Å². The van der Waals surface area contributed by atoms with E-state index in [0.29, 0.717) is 6.54 Å². The molecule has 1 fully saturated rings. The topological polar surface area (TPSA) is 29.3 Å². The Kier molecular flexibility index (Phi) is 2.53. The lowest BCUT2D eigenvalue weighted by Crippen LogP contribution is -2.36. The minimum absolute atomic E-state index is 0.0966. The molecule has 1 aliphatic heterocycles. The Morgan fingerprint density at radius 1 is 1.64 bits per heavy atom. The Bertz CT molecular complexity index is 189. The van der Waals surface area contributed by atoms with E-state index in [1.165, 1.54) is 12.8 Å². The molecule has 11 heavy (non-hydrogen) atoms. The van der Waals surface area contributed by atoms with Crippen molar-refractivity contribution < 1.29 is 0 Å². The maximum absolute atomic E-state index is 5.32. The predicted molar refractivity (Wildman–Crippen MR) is 47.1 cm³/mol. The van der Waals surface area contributed by atoms with Crippen molar-refractivity contribution in [2.24, 2.45) is 5.73 Å². The molecule has 0 spiro atoms. The van der Waals surface area contributed by atoms with Gasteiger partial charge in [0.2, 0.25) is 0 Å². The first kappa shape index (κ1) is 8.58. The highest BCUT2D eigenvalue weighted by Gasteiger charge is 2.31. The number of rotatable bonds is 0. The molecule has 1 atom stereocenters. The molecule has 0 bridgehead atoms. The van der Waals surface area contributed by atoms with Gasteiger partial charge in [0.15, 0.2) is 0 Å². The first-order valence-electron chi connectivity index (χ1n) is 4.10. The Morgan fingerprint density at radius 2 is 2.36 bits per heavy atom. The molecule has 0 aromatic carbocycles. The van der Waals surface area contributed by atoms with E-state index in [1.54, 1.807) is 0 Å². The summed E-state index contributed by atoms with van der Waals surface area (Å²) in [6.07, 6.45) is 2.43. The highest BCUT2D eigenvalue weighted by atomic mass is 15.2. The van der Waals surface area contributed by atoms with Crippen LogP contribution in [0.1, 0.15) is 19.8 Å². The second-order valence-electron chi connectivity index (χ2n) is 3.30. The summed E-state index contributed by atoms with van der Waals surface area (Å²) in [5.74, 6) is 6.16. The van der Waals surface area contributed by atoms with E-state index in [1.807, 2.05) is 0 Å². The van der Waals surface area contributed by atoms with Crippen molar-refractivity contribution in [3.05, 3.63) is 0 Å². The zero-order valence-electron chi connectivity index (χ0n) is 7.35. The minimum atomic E-state index is 0.0966. The summed E-state index contributed by atoms with van der Waals surface area (Å²) in [5, 5.41) is 0. The molecular formula is C9H16N2. The van der Waals surface area contributed by atoms with Crippen molar-refractivity contribution in [1.29, 1.82) is 0 Å². The number of likely N-dealkylation sites (tertiary alicyclic amines) is 1. The Labute approximate surface area is 68.8 Å². The van der Waals surface area contributed by atoms with Gasteiger partial charge in [-0.3, -0.25) is 4.90 Å². The quantitative estimate of drug-likeness (QED) is 0.510. The van der Waals surface area contributed by atoms with Gasteiger partial charge < -0.3 is 5.73 Å². The van der Waals surface area contributed by atoms with Gasteiger partial charge in [-0.2, -0.15) is 0 Å². The third-order valence-corrected chi connectivity index (χ3v) is 2.46. The van der Waals surface area contributed by atoms with Crippen molar-refractivity contribution in [1.82, 2.24) is 4.90 Å². The fourth-order valence-electron chi connectivity index (χ4n) is 1.50. The van der Waals surface area contributed by atoms with Crippen LogP contribution in [-0.4, -0.2) is 30.6 Å². The highest BCUT2D eigenvalue weighted by Crippen LogP contribution is 2.25. The lowest BCUT2D eigenvalue weighted by Gasteiger charge is -2.25. The highest BCUT2D eigenvalue weighted by molar-refractivity contribution is 5.18. The summed E-state index contributed by atoms with van der Waals surface area (Å²) in [7, 11) is 2.12. The molecule has 1 aliphatic rings. The van der Waals surface area contributed by atoms with Gasteiger partial charge in [0.25, 0.3) is 0 Å². The maximum Gasteiger partial charge on any atom is 0.0795 e. The molecule has 2 nitrogen and oxygen atoms in total. The lowest BCUT2D eigenvalue weighted by atomic mass is 10.0. The van der Waals surface area contributed by atoms with Crippen molar-refractivity contribution >= 4 is 0 Å². The van der Waals surface area contributed by atoms with Gasteiger partial charge in [-0.05, 0) is 33.4 Å². The van der Waals surface area contributed by atoms with E-state index in [9.17, 15) is 0 Å². The van der Waals surface area contributed by atoms with Crippen LogP contribution in [0.15, 0.2) is 0 Å². The van der Waals surface area contributed by atoms with Crippen LogP contribution in [-0.2, 0) is 0 Å². The molecule has 0 aromatic heterocycles. The zero-order chi connectivity index (χ0) is 8.32. The number of hydrogen-bond acceptors (Lipinski definition) is 2. The first-order chi connectivity index (χ1) is 5.19. The third kappa shape index (κ3) is 1.74. The molecule has 2 heteroatoms. The molecule has 1 rings (SSSR count). The second kappa shape index (κ2) is 3.25. The maximum atomic E-state index is 5.32. The fraction of sp³-hybridized carbons (Fsp3) is 0.778. The average molecular weight is 152 g/mol. The van der Waals surface area contributed by atoms with Gasteiger partial charge in [0, 0.05) is 0 Å². The SMILES string of the molecule is CN1CCCC1(C)C#CCN. The summed E-state index contributed by atoms with van der Waals surface area (Å²) in [6.45, 7) is 3.82. The number of nitrogens with two attached hydrogens (primary N) is 1. The fourth-order valence-corrected chi connectivity index (χ4v) is 1.50. The Balaban J connectivity index is 2.65. The summed E-state index contributed by atoms with van der Waals surface area (Å²) in [5.41, 5.74) is 5.42. The van der Waals surface area contributed by atoms with Crippen LogP contribution < -0.4 is 5.73 Å². The van der Waals surface area contributed by atoms with E-state index in [0.717, 1.165) is 6.54 Å². The molecule has 62 valence electrons. The van der Waals surface area contributed by atoms with Crippen LogP contribution in [0.4, 0.5) is 0 Å². The summed E-state index contributed by atoms with van der Waals surface area (Å²) in [4.78, 5) is 2.30. The molecule has 1 unspecified atom stereocenters. The first-order valence-corrected chi connectivity index (χ1v) is 4.10. The van der Waals surface area contributed by atoms with Gasteiger partial charge in [-0.25, -0.2) is 0 Å². The van der Waals surface area contributed by atoms with Crippen LogP contribution in [0.5, 0.6) is 0 Å².